The summed E-state index contributed by atoms with van der Waals surface area (Å²) in [6, 6.07) is 2.16. The average molecular weight is 303 g/mol. The number of thiol groups is 1. The normalized spacial score (nSPS) is 12.6. The maximum absolute atomic E-state index is 12.4. The van der Waals surface area contributed by atoms with Gasteiger partial charge in [0.25, 0.3) is 0 Å². The Morgan fingerprint density at radius 1 is 1.33 bits per heavy atom. The molecule has 1 aromatic rings. The van der Waals surface area contributed by atoms with Crippen molar-refractivity contribution in [3.05, 3.63) is 23.3 Å². The van der Waals surface area contributed by atoms with E-state index in [2.05, 4.69) is 16.8 Å². The Balaban J connectivity index is 3.22. The van der Waals surface area contributed by atoms with Gasteiger partial charge in [0.05, 0.1) is 0 Å². The van der Waals surface area contributed by atoms with Gasteiger partial charge in [-0.05, 0) is 24.6 Å². The molecule has 0 spiro atoms. The van der Waals surface area contributed by atoms with Crippen LogP contribution < -0.4 is 4.18 Å². The highest BCUT2D eigenvalue weighted by Crippen LogP contribution is 2.30. The molecule has 0 aliphatic heterocycles. The zero-order valence-corrected chi connectivity index (χ0v) is 10.7. The molecule has 0 saturated carbocycles. The highest BCUT2D eigenvalue weighted by molar-refractivity contribution is 7.81. The minimum Gasteiger partial charge on any atom is -0.449 e. The quantitative estimate of drug-likeness (QED) is 0.402. The van der Waals surface area contributed by atoms with E-state index in [0.717, 1.165) is 12.1 Å². The van der Waals surface area contributed by atoms with Gasteiger partial charge >= 0.3 is 17.5 Å². The first-order valence-electron chi connectivity index (χ1n) is 4.65. The predicted octanol–water partition coefficient (Wildman–Crippen LogP) is 2.81. The van der Waals surface area contributed by atoms with E-state index < -0.39 is 29.6 Å². The first-order valence-corrected chi connectivity index (χ1v) is 6.41. The number of hydrogen-bond acceptors (Lipinski definition) is 4. The molecule has 18 heavy (non-hydrogen) atoms. The van der Waals surface area contributed by atoms with Crippen LogP contribution in [0.15, 0.2) is 17.0 Å². The molecule has 0 aliphatic rings. The van der Waals surface area contributed by atoms with Crippen molar-refractivity contribution in [2.45, 2.75) is 18.1 Å². The van der Waals surface area contributed by atoms with Crippen molar-refractivity contribution >= 4 is 30.1 Å². The van der Waals surface area contributed by atoms with Crippen molar-refractivity contribution in [2.75, 3.05) is 0 Å². The fraction of sp³-hybridized carbons (Fsp3) is 0.250. The minimum absolute atomic E-state index is 0.0503. The molecule has 102 valence electrons. The molecule has 0 fully saturated rings. The molecule has 1 rings (SSSR count). The Morgan fingerprint density at radius 3 is 2.33 bits per heavy atom. The molecule has 0 atom stereocenters. The number of rotatable bonds is 4. The molecular formula is C8H8BF4O3S2-. The van der Waals surface area contributed by atoms with Gasteiger partial charge in [0, 0.05) is 4.90 Å². The van der Waals surface area contributed by atoms with Crippen molar-refractivity contribution < 1.29 is 29.4 Å². The van der Waals surface area contributed by atoms with Crippen LogP contribution in [0.25, 0.3) is 0 Å². The molecule has 0 saturated heterocycles. The molecule has 0 heterocycles. The van der Waals surface area contributed by atoms with Crippen LogP contribution in [-0.2, 0) is 16.8 Å². The third-order valence-corrected chi connectivity index (χ3v) is 2.73. The van der Waals surface area contributed by atoms with E-state index in [-0.39, 0.29) is 16.0 Å². The second-order valence-electron chi connectivity index (χ2n) is 3.62. The van der Waals surface area contributed by atoms with Crippen LogP contribution >= 0.6 is 12.6 Å². The Bertz CT molecular complexity index is 556. The zero-order valence-electron chi connectivity index (χ0n) is 9.03. The van der Waals surface area contributed by atoms with Gasteiger partial charge in [0.2, 0.25) is 0 Å². The highest BCUT2D eigenvalue weighted by atomic mass is 32.3. The summed E-state index contributed by atoms with van der Waals surface area (Å²) in [5.41, 5.74) is -0.290. The summed E-state index contributed by atoms with van der Waals surface area (Å²) in [6.07, 6.45) is -1.22. The Kier molecular flexibility index (Phi) is 4.21. The van der Waals surface area contributed by atoms with Gasteiger partial charge in [-0.3, -0.25) is 0 Å². The van der Waals surface area contributed by atoms with E-state index in [9.17, 15) is 25.3 Å². The molecule has 0 aliphatic carbocycles. The van der Waals surface area contributed by atoms with Gasteiger partial charge in [0.15, 0.2) is 0 Å². The number of halogens is 4. The number of benzene rings is 1. The third kappa shape index (κ3) is 4.77. The monoisotopic (exact) mass is 303 g/mol. The molecule has 3 nitrogen and oxygen atoms in total. The molecule has 0 N–H and O–H groups in total. The van der Waals surface area contributed by atoms with Gasteiger partial charge in [-0.25, -0.2) is 0 Å². The average Bonchev–Trinajstić information content (AvgIpc) is 2.07. The van der Waals surface area contributed by atoms with Gasteiger partial charge in [-0.2, -0.15) is 8.42 Å². The minimum atomic E-state index is -5.29. The fourth-order valence-corrected chi connectivity index (χ4v) is 2.05. The van der Waals surface area contributed by atoms with Gasteiger partial charge in [-0.1, -0.05) is 15.8 Å². The molecule has 0 radical (unpaired) electrons. The molecule has 0 aromatic heterocycles. The summed E-state index contributed by atoms with van der Waals surface area (Å²) in [7, 11) is -5.29. The Hall–Kier alpha value is -0.895. The summed E-state index contributed by atoms with van der Waals surface area (Å²) in [4.78, 5) is 0.0503. The standard InChI is InChI=1S/C8H8BF4O3S2/c1-5-6(4-9(10,11)12)2-7(17)3-8(5)16-18(13,14)15/h2-3,17H,4H2,1H3/q-1. The molecule has 0 unspecified atom stereocenters. The lowest BCUT2D eigenvalue weighted by molar-refractivity contribution is 0.437. The lowest BCUT2D eigenvalue weighted by atomic mass is 9.80. The van der Waals surface area contributed by atoms with Crippen LogP contribution in [0.1, 0.15) is 11.1 Å². The highest BCUT2D eigenvalue weighted by Gasteiger charge is 2.25. The number of hydrogen-bond donors (Lipinski definition) is 1. The van der Waals surface area contributed by atoms with Crippen LogP contribution in [0, 0.1) is 6.92 Å². The van der Waals surface area contributed by atoms with E-state index in [1.807, 2.05) is 0 Å². The summed E-state index contributed by atoms with van der Waals surface area (Å²) >= 11 is 3.81. The van der Waals surface area contributed by atoms with E-state index in [1.54, 1.807) is 0 Å². The first kappa shape index (κ1) is 15.2. The fourth-order valence-electron chi connectivity index (χ4n) is 1.38. The first-order chi connectivity index (χ1) is 7.98. The van der Waals surface area contributed by atoms with Crippen molar-refractivity contribution in [3.8, 4) is 5.75 Å². The van der Waals surface area contributed by atoms with Crippen LogP contribution in [0.3, 0.4) is 0 Å². The Labute approximate surface area is 107 Å². The topological polar surface area (TPSA) is 43.4 Å². The summed E-state index contributed by atoms with van der Waals surface area (Å²) in [5, 5.41) is 0. The van der Waals surface area contributed by atoms with Crippen molar-refractivity contribution in [2.24, 2.45) is 0 Å². The second-order valence-corrected chi connectivity index (χ2v) is 5.09. The van der Waals surface area contributed by atoms with Crippen LogP contribution in [0.5, 0.6) is 5.75 Å². The predicted molar refractivity (Wildman–Crippen MR) is 61.9 cm³/mol. The maximum atomic E-state index is 12.4. The van der Waals surface area contributed by atoms with Crippen molar-refractivity contribution in [1.82, 2.24) is 0 Å². The molecular weight excluding hydrogens is 295 g/mol. The van der Waals surface area contributed by atoms with Crippen LogP contribution in [0.4, 0.5) is 16.8 Å². The van der Waals surface area contributed by atoms with Crippen molar-refractivity contribution in [1.29, 1.82) is 0 Å². The van der Waals surface area contributed by atoms with Gasteiger partial charge in [-0.15, -0.1) is 12.6 Å². The van der Waals surface area contributed by atoms with Crippen LogP contribution in [-0.4, -0.2) is 15.4 Å². The molecule has 0 amide bonds. The SMILES string of the molecule is Cc1c(C[B-](F)(F)F)cc(S)cc1OS(=O)(=O)F. The van der Waals surface area contributed by atoms with Gasteiger partial charge < -0.3 is 17.1 Å². The largest absolute Gasteiger partial charge is 0.488 e. The molecule has 1 aromatic carbocycles. The van der Waals surface area contributed by atoms with Gasteiger partial charge in [0.1, 0.15) is 5.75 Å². The smallest absolute Gasteiger partial charge is 0.449 e. The third-order valence-electron chi connectivity index (χ3n) is 2.09. The lowest BCUT2D eigenvalue weighted by Gasteiger charge is -2.17. The lowest BCUT2D eigenvalue weighted by Crippen LogP contribution is -2.20. The second kappa shape index (κ2) is 5.00. The van der Waals surface area contributed by atoms with E-state index in [4.69, 9.17) is 0 Å². The zero-order chi connectivity index (χ0) is 14.1. The van der Waals surface area contributed by atoms with Crippen molar-refractivity contribution in [3.63, 3.8) is 0 Å². The summed E-state index contributed by atoms with van der Waals surface area (Å²) in [5.74, 6) is -0.500. The summed E-state index contributed by atoms with van der Waals surface area (Å²) < 4.78 is 74.0. The van der Waals surface area contributed by atoms with E-state index >= 15 is 0 Å². The summed E-state index contributed by atoms with van der Waals surface area (Å²) in [6.45, 7) is -3.89. The van der Waals surface area contributed by atoms with E-state index in [1.165, 1.54) is 6.92 Å². The van der Waals surface area contributed by atoms with E-state index in [0.29, 0.717) is 0 Å². The van der Waals surface area contributed by atoms with Crippen LogP contribution in [0.2, 0.25) is 0 Å². The maximum Gasteiger partial charge on any atom is 0.488 e. The molecule has 10 heteroatoms. The molecule has 0 bridgehead atoms. The Morgan fingerprint density at radius 2 is 1.89 bits per heavy atom.